The summed E-state index contributed by atoms with van der Waals surface area (Å²) >= 11 is 1.54. The Hall–Kier alpha value is -2.93. The summed E-state index contributed by atoms with van der Waals surface area (Å²) in [6.45, 7) is 0.789. The summed E-state index contributed by atoms with van der Waals surface area (Å²) < 4.78 is 1.77. The number of nitrogens with one attached hydrogen (secondary N) is 2. The van der Waals surface area contributed by atoms with E-state index in [-0.39, 0.29) is 0 Å². The molecule has 26 heavy (non-hydrogen) atoms. The number of amides is 2. The predicted molar refractivity (Wildman–Crippen MR) is 102 cm³/mol. The molecule has 6 nitrogen and oxygen atoms in total. The van der Waals surface area contributed by atoms with Crippen LogP contribution in [0.5, 0.6) is 0 Å². The second-order valence-electron chi connectivity index (χ2n) is 5.87. The van der Waals surface area contributed by atoms with E-state index in [2.05, 4.69) is 15.7 Å². The Bertz CT molecular complexity index is 869. The molecule has 2 aromatic heterocycles. The third-order valence-electron chi connectivity index (χ3n) is 3.90. The lowest BCUT2D eigenvalue weighted by Gasteiger charge is -2.06. The molecule has 0 bridgehead atoms. The minimum Gasteiger partial charge on any atom is -0.348 e. The smallest absolute Gasteiger partial charge is 0.309 e. The average Bonchev–Trinajstić information content (AvgIpc) is 3.32. The number of hydrogen-bond acceptors (Lipinski definition) is 4. The van der Waals surface area contributed by atoms with Crippen molar-refractivity contribution in [2.45, 2.75) is 13.0 Å². The molecule has 134 valence electrons. The highest BCUT2D eigenvalue weighted by Gasteiger charge is 2.12. The first-order chi connectivity index (χ1) is 12.6. The van der Waals surface area contributed by atoms with E-state index in [0.29, 0.717) is 19.5 Å². The molecule has 0 aliphatic heterocycles. The molecule has 3 aromatic rings. The van der Waals surface area contributed by atoms with Gasteiger partial charge in [0.25, 0.3) is 0 Å². The summed E-state index contributed by atoms with van der Waals surface area (Å²) in [7, 11) is 1.89. The van der Waals surface area contributed by atoms with E-state index in [1.165, 1.54) is 0 Å². The Morgan fingerprint density at radius 2 is 1.85 bits per heavy atom. The highest BCUT2D eigenvalue weighted by atomic mass is 32.1. The zero-order chi connectivity index (χ0) is 18.4. The summed E-state index contributed by atoms with van der Waals surface area (Å²) in [5, 5.41) is 11.4. The second kappa shape index (κ2) is 8.44. The summed E-state index contributed by atoms with van der Waals surface area (Å²) in [6.07, 6.45) is 4.45. The van der Waals surface area contributed by atoms with Crippen molar-refractivity contribution in [3.63, 3.8) is 0 Å². The van der Waals surface area contributed by atoms with Gasteiger partial charge in [-0.15, -0.1) is 11.3 Å². The lowest BCUT2D eigenvalue weighted by molar-refractivity contribution is -0.139. The average molecular weight is 368 g/mol. The highest BCUT2D eigenvalue weighted by molar-refractivity contribution is 7.09. The van der Waals surface area contributed by atoms with E-state index in [0.717, 1.165) is 21.6 Å². The van der Waals surface area contributed by atoms with Crippen LogP contribution >= 0.6 is 11.3 Å². The van der Waals surface area contributed by atoms with Crippen molar-refractivity contribution < 1.29 is 9.59 Å². The summed E-state index contributed by atoms with van der Waals surface area (Å²) in [6, 6.07) is 11.9. The Balaban J connectivity index is 1.42. The molecule has 0 aliphatic rings. The molecule has 0 radical (unpaired) electrons. The van der Waals surface area contributed by atoms with Gasteiger partial charge < -0.3 is 10.6 Å². The van der Waals surface area contributed by atoms with E-state index in [1.54, 1.807) is 16.0 Å². The summed E-state index contributed by atoms with van der Waals surface area (Å²) in [5.41, 5.74) is 3.26. The van der Waals surface area contributed by atoms with Gasteiger partial charge in [0.2, 0.25) is 0 Å². The summed E-state index contributed by atoms with van der Waals surface area (Å²) in [4.78, 5) is 24.6. The molecule has 0 aliphatic carbocycles. The topological polar surface area (TPSA) is 76.0 Å². The SMILES string of the molecule is Cn1cc(-c2ccc(CCNC(=O)C(=O)NCc3cccs3)cc2)cn1. The monoisotopic (exact) mass is 368 g/mol. The van der Waals surface area contributed by atoms with Crippen molar-refractivity contribution in [1.82, 2.24) is 20.4 Å². The van der Waals surface area contributed by atoms with Gasteiger partial charge >= 0.3 is 11.8 Å². The third-order valence-corrected chi connectivity index (χ3v) is 4.78. The number of nitrogens with zero attached hydrogens (tertiary/aromatic N) is 2. The number of benzene rings is 1. The van der Waals surface area contributed by atoms with Crippen molar-refractivity contribution >= 4 is 23.2 Å². The molecule has 2 amide bonds. The van der Waals surface area contributed by atoms with Gasteiger partial charge in [-0.2, -0.15) is 5.10 Å². The fraction of sp³-hybridized carbons (Fsp3) is 0.211. The van der Waals surface area contributed by atoms with Crippen LogP contribution in [0.4, 0.5) is 0 Å². The Labute approximate surface area is 155 Å². The van der Waals surface area contributed by atoms with E-state index in [4.69, 9.17) is 0 Å². The van der Waals surface area contributed by atoms with Crippen molar-refractivity contribution in [3.05, 3.63) is 64.6 Å². The van der Waals surface area contributed by atoms with Gasteiger partial charge in [0.1, 0.15) is 0 Å². The number of aromatic nitrogens is 2. The van der Waals surface area contributed by atoms with Crippen molar-refractivity contribution in [2.24, 2.45) is 7.05 Å². The van der Waals surface area contributed by atoms with Crippen LogP contribution in [0, 0.1) is 0 Å². The van der Waals surface area contributed by atoms with Gasteiger partial charge in [-0.1, -0.05) is 30.3 Å². The van der Waals surface area contributed by atoms with Crippen LogP contribution in [0.2, 0.25) is 0 Å². The predicted octanol–water partition coefficient (Wildman–Crippen LogP) is 2.12. The normalized spacial score (nSPS) is 10.5. The van der Waals surface area contributed by atoms with Crippen LogP contribution < -0.4 is 10.6 Å². The van der Waals surface area contributed by atoms with Crippen LogP contribution in [0.1, 0.15) is 10.4 Å². The molecular formula is C19H20N4O2S. The molecule has 0 unspecified atom stereocenters. The molecule has 0 spiro atoms. The van der Waals surface area contributed by atoms with Crippen LogP contribution in [0.15, 0.2) is 54.2 Å². The lowest BCUT2D eigenvalue weighted by atomic mass is 10.1. The van der Waals surface area contributed by atoms with Gasteiger partial charge in [0.15, 0.2) is 0 Å². The fourth-order valence-corrected chi connectivity index (χ4v) is 3.14. The lowest BCUT2D eigenvalue weighted by Crippen LogP contribution is -2.40. The second-order valence-corrected chi connectivity index (χ2v) is 6.90. The third kappa shape index (κ3) is 4.80. The minimum absolute atomic E-state index is 0.375. The van der Waals surface area contributed by atoms with Gasteiger partial charge in [0, 0.05) is 30.2 Å². The van der Waals surface area contributed by atoms with Crippen molar-refractivity contribution in [2.75, 3.05) is 6.54 Å². The number of hydrogen-bond donors (Lipinski definition) is 2. The molecule has 2 heterocycles. The molecule has 2 N–H and O–H groups in total. The molecule has 0 atom stereocenters. The van der Waals surface area contributed by atoms with E-state index >= 15 is 0 Å². The zero-order valence-corrected chi connectivity index (χ0v) is 15.3. The van der Waals surface area contributed by atoms with Gasteiger partial charge in [-0.25, -0.2) is 0 Å². The Kier molecular flexibility index (Phi) is 5.80. The Morgan fingerprint density at radius 3 is 2.50 bits per heavy atom. The van der Waals surface area contributed by atoms with Crippen molar-refractivity contribution in [1.29, 1.82) is 0 Å². The minimum atomic E-state index is -0.606. The van der Waals surface area contributed by atoms with Gasteiger partial charge in [-0.05, 0) is 29.0 Å². The first-order valence-corrected chi connectivity index (χ1v) is 9.16. The highest BCUT2D eigenvalue weighted by Crippen LogP contribution is 2.18. The maximum absolute atomic E-state index is 11.8. The van der Waals surface area contributed by atoms with Crippen LogP contribution in [-0.4, -0.2) is 28.1 Å². The molecule has 7 heteroatoms. The standard InChI is InChI=1S/C19H20N4O2S/c1-23-13-16(11-22-23)15-6-4-14(5-7-15)8-9-20-18(24)19(25)21-12-17-3-2-10-26-17/h2-7,10-11,13H,8-9,12H2,1H3,(H,20,24)(H,21,25). The molecule has 0 saturated carbocycles. The molecule has 0 fully saturated rings. The van der Waals surface area contributed by atoms with Crippen LogP contribution in [0.25, 0.3) is 11.1 Å². The van der Waals surface area contributed by atoms with Crippen LogP contribution in [-0.2, 0) is 29.6 Å². The van der Waals surface area contributed by atoms with Crippen molar-refractivity contribution in [3.8, 4) is 11.1 Å². The number of thiophene rings is 1. The number of carbonyl (C=O) groups excluding carboxylic acids is 2. The quantitative estimate of drug-likeness (QED) is 0.655. The summed E-state index contributed by atoms with van der Waals surface area (Å²) in [5.74, 6) is -1.21. The molecule has 0 saturated heterocycles. The largest absolute Gasteiger partial charge is 0.348 e. The number of aryl methyl sites for hydroxylation is 1. The van der Waals surface area contributed by atoms with Gasteiger partial charge in [-0.3, -0.25) is 14.3 Å². The van der Waals surface area contributed by atoms with Crippen LogP contribution in [0.3, 0.4) is 0 Å². The van der Waals surface area contributed by atoms with Gasteiger partial charge in [0.05, 0.1) is 12.7 Å². The Morgan fingerprint density at radius 1 is 1.08 bits per heavy atom. The first kappa shape index (κ1) is 17.9. The van der Waals surface area contributed by atoms with E-state index in [9.17, 15) is 9.59 Å². The number of rotatable bonds is 6. The first-order valence-electron chi connectivity index (χ1n) is 8.28. The molecular weight excluding hydrogens is 348 g/mol. The van der Waals surface area contributed by atoms with E-state index < -0.39 is 11.8 Å². The molecule has 1 aromatic carbocycles. The van der Waals surface area contributed by atoms with E-state index in [1.807, 2.05) is 61.2 Å². The number of carbonyl (C=O) groups is 2. The fourth-order valence-electron chi connectivity index (χ4n) is 2.50. The zero-order valence-electron chi connectivity index (χ0n) is 14.4. The maximum Gasteiger partial charge on any atom is 0.309 e. The molecule has 3 rings (SSSR count). The maximum atomic E-state index is 11.8.